The minimum atomic E-state index is -0.723. The fourth-order valence-corrected chi connectivity index (χ4v) is 16.9. The van der Waals surface area contributed by atoms with Gasteiger partial charge in [-0.25, -0.2) is 0 Å². The largest absolute Gasteiger partial charge is 0.466 e. The summed E-state index contributed by atoms with van der Waals surface area (Å²) in [6, 6.07) is 40.2. The summed E-state index contributed by atoms with van der Waals surface area (Å²) in [4.78, 5) is 28.7. The molecular weight excluding hydrogens is 1020 g/mol. The van der Waals surface area contributed by atoms with Crippen molar-refractivity contribution in [3.63, 3.8) is 0 Å². The first kappa shape index (κ1) is 60.4. The van der Waals surface area contributed by atoms with E-state index in [1.165, 1.54) is 6.42 Å². The molecular formula is C72H96O10. The van der Waals surface area contributed by atoms with E-state index in [1.807, 2.05) is 121 Å². The molecule has 10 nitrogen and oxygen atoms in total. The number of hydrogen-bond donors (Lipinski definition) is 1. The maximum Gasteiger partial charge on any atom is 0.312 e. The summed E-state index contributed by atoms with van der Waals surface area (Å²) in [7, 11) is 0. The predicted octanol–water partition coefficient (Wildman–Crippen LogP) is 14.9. The third kappa shape index (κ3) is 12.8. The SMILES string of the molecule is CC1(C)CC[C@]2(C(=O)OCCCCCCOC(=O)C[C@H]3O[C@H](COCc4ccccc4)[C@@H](OCc4ccccc4)[C@H](OCc4ccccc4)[C@H]3OCc3ccccc3)CC[C@]3(C)C(=CC[C@@H]4[C@@]5(C)CC[C@H](O)C(C)(C)[C@@H]5CC[C@]43C)[C@@H]2C1. The zero-order valence-electron chi connectivity index (χ0n) is 50.5. The number of fused-ring (bicyclic) bond motifs is 7. The second-order valence-electron chi connectivity index (χ2n) is 27.7. The van der Waals surface area contributed by atoms with Crippen molar-refractivity contribution in [2.24, 2.45) is 50.2 Å². The molecule has 10 rings (SSSR count). The number of aliphatic hydroxyl groups is 1. The fraction of sp³-hybridized carbons (Fsp3) is 0.611. The van der Waals surface area contributed by atoms with Crippen LogP contribution in [-0.4, -0.2) is 73.5 Å². The third-order valence-corrected chi connectivity index (χ3v) is 21.9. The molecule has 82 heavy (non-hydrogen) atoms. The lowest BCUT2D eigenvalue weighted by atomic mass is 9.33. The Labute approximate surface area is 490 Å². The summed E-state index contributed by atoms with van der Waals surface area (Å²) < 4.78 is 46.2. The summed E-state index contributed by atoms with van der Waals surface area (Å²) in [5.74, 6) is 0.901. The Kier molecular flexibility index (Phi) is 19.1. The maximum atomic E-state index is 14.7. The Morgan fingerprint density at radius 1 is 0.561 bits per heavy atom. The summed E-state index contributed by atoms with van der Waals surface area (Å²) in [6.07, 6.45) is 12.5. The van der Waals surface area contributed by atoms with Crippen molar-refractivity contribution in [2.45, 2.75) is 208 Å². The van der Waals surface area contributed by atoms with Gasteiger partial charge >= 0.3 is 11.9 Å². The van der Waals surface area contributed by atoms with Gasteiger partial charge in [-0.05, 0) is 157 Å². The van der Waals surface area contributed by atoms with Gasteiger partial charge in [0.05, 0.1) is 70.3 Å². The van der Waals surface area contributed by atoms with Crippen molar-refractivity contribution < 1.29 is 47.9 Å². The van der Waals surface area contributed by atoms with Crippen LogP contribution in [0.3, 0.4) is 0 Å². The highest BCUT2D eigenvalue weighted by Gasteiger charge is 2.69. The zero-order chi connectivity index (χ0) is 57.6. The molecule has 4 saturated carbocycles. The molecule has 10 heteroatoms. The first-order valence-corrected chi connectivity index (χ1v) is 31.4. The molecule has 0 bridgehead atoms. The number of allylic oxidation sites excluding steroid dienone is 2. The molecule has 0 unspecified atom stereocenters. The standard InChI is InChI=1S/C72H96O10/c1-67(2)38-40-72(41-39-70(6)55(56(72)45-67)32-33-60-69(5)36-35-61(73)68(3,4)59(69)34-37-71(60,70)7)66(75)78-43-23-9-8-22-42-77-62(74)44-57-63(79-47-52-26-16-11-17-27-52)65(81-49-54-30-20-13-21-31-54)64(80-48-53-28-18-12-19-29-53)58(82-57)50-76-46-51-24-14-10-15-25-51/h10-21,24-32,56-61,63-65,73H,8-9,22-23,33-50H2,1-7H3/t56-,57+,58+,59-,60+,61-,63-,64+,65+,69-,70+,71+,72-/m0/s1. The van der Waals surface area contributed by atoms with Gasteiger partial charge in [-0.15, -0.1) is 0 Å². The zero-order valence-corrected chi connectivity index (χ0v) is 50.5. The lowest BCUT2D eigenvalue weighted by Crippen LogP contribution is -2.65. The summed E-state index contributed by atoms with van der Waals surface area (Å²) in [5, 5.41) is 11.2. The first-order valence-electron chi connectivity index (χ1n) is 31.4. The first-order chi connectivity index (χ1) is 39.5. The van der Waals surface area contributed by atoms with E-state index in [1.54, 1.807) is 5.57 Å². The summed E-state index contributed by atoms with van der Waals surface area (Å²) in [5.41, 5.74) is 5.54. The average Bonchev–Trinajstić information content (AvgIpc) is 1.22. The molecule has 6 aliphatic rings. The molecule has 1 saturated heterocycles. The van der Waals surface area contributed by atoms with Gasteiger partial charge in [-0.1, -0.05) is 181 Å². The lowest BCUT2D eigenvalue weighted by molar-refractivity contribution is -0.273. The molecule has 5 fully saturated rings. The summed E-state index contributed by atoms with van der Waals surface area (Å²) in [6.45, 7) is 19.4. The smallest absolute Gasteiger partial charge is 0.312 e. The number of hydrogen-bond acceptors (Lipinski definition) is 10. The topological polar surface area (TPSA) is 119 Å². The number of aliphatic hydroxyl groups excluding tert-OH is 1. The van der Waals surface area contributed by atoms with Crippen LogP contribution in [0.25, 0.3) is 0 Å². The van der Waals surface area contributed by atoms with Crippen molar-refractivity contribution in [2.75, 3.05) is 19.8 Å². The molecule has 1 N–H and O–H groups in total. The van der Waals surface area contributed by atoms with Crippen LogP contribution in [0.4, 0.5) is 0 Å². The fourth-order valence-electron chi connectivity index (χ4n) is 16.9. The Bertz CT molecular complexity index is 2730. The van der Waals surface area contributed by atoms with Crippen LogP contribution in [0.15, 0.2) is 133 Å². The second-order valence-corrected chi connectivity index (χ2v) is 27.7. The monoisotopic (exact) mass is 1120 g/mol. The Hall–Kier alpha value is -4.68. The van der Waals surface area contributed by atoms with Crippen LogP contribution in [0.1, 0.15) is 167 Å². The number of carbonyl (C=O) groups excluding carboxylic acids is 2. The van der Waals surface area contributed by atoms with Crippen molar-refractivity contribution in [1.82, 2.24) is 0 Å². The number of unbranched alkanes of at least 4 members (excludes halogenated alkanes) is 3. The van der Waals surface area contributed by atoms with Crippen molar-refractivity contribution in [1.29, 1.82) is 0 Å². The Morgan fingerprint density at radius 3 is 1.67 bits per heavy atom. The molecule has 0 radical (unpaired) electrons. The van der Waals surface area contributed by atoms with E-state index < -0.39 is 35.9 Å². The van der Waals surface area contributed by atoms with Gasteiger partial charge in [0, 0.05) is 0 Å². The summed E-state index contributed by atoms with van der Waals surface area (Å²) >= 11 is 0. The van der Waals surface area contributed by atoms with E-state index in [2.05, 4.69) is 54.5 Å². The van der Waals surface area contributed by atoms with E-state index >= 15 is 0 Å². The van der Waals surface area contributed by atoms with E-state index in [9.17, 15) is 14.7 Å². The number of rotatable bonds is 23. The minimum absolute atomic E-state index is 0.0126. The maximum absolute atomic E-state index is 14.7. The third-order valence-electron chi connectivity index (χ3n) is 21.9. The highest BCUT2D eigenvalue weighted by atomic mass is 16.6. The molecule has 4 aromatic rings. The number of ether oxygens (including phenoxy) is 7. The second kappa shape index (κ2) is 25.9. The van der Waals surface area contributed by atoms with Gasteiger partial charge in [-0.3, -0.25) is 9.59 Å². The molecule has 13 atom stereocenters. The number of carbonyl (C=O) groups is 2. The normalized spacial score (nSPS) is 33.6. The van der Waals surface area contributed by atoms with Gasteiger partial charge < -0.3 is 38.3 Å². The quantitative estimate of drug-likeness (QED) is 0.0437. The van der Waals surface area contributed by atoms with Crippen molar-refractivity contribution in [3.05, 3.63) is 155 Å². The highest BCUT2D eigenvalue weighted by Crippen LogP contribution is 2.76. The molecule has 0 amide bonds. The molecule has 5 aliphatic carbocycles. The van der Waals surface area contributed by atoms with Crippen LogP contribution < -0.4 is 0 Å². The Morgan fingerprint density at radius 2 is 1.09 bits per heavy atom. The predicted molar refractivity (Wildman–Crippen MR) is 320 cm³/mol. The Balaban J connectivity index is 0.762. The van der Waals surface area contributed by atoms with Crippen molar-refractivity contribution >= 4 is 11.9 Å². The van der Waals surface area contributed by atoms with E-state index in [0.29, 0.717) is 44.7 Å². The van der Waals surface area contributed by atoms with Crippen LogP contribution >= 0.6 is 0 Å². The van der Waals surface area contributed by atoms with Crippen LogP contribution in [0.5, 0.6) is 0 Å². The number of benzene rings is 4. The van der Waals surface area contributed by atoms with Gasteiger partial charge in [0.15, 0.2) is 0 Å². The molecule has 0 spiro atoms. The molecule has 444 valence electrons. The van der Waals surface area contributed by atoms with Gasteiger partial charge in [-0.2, -0.15) is 0 Å². The van der Waals surface area contributed by atoms with Crippen LogP contribution in [-0.2, 0) is 69.2 Å². The van der Waals surface area contributed by atoms with Crippen molar-refractivity contribution in [3.8, 4) is 0 Å². The van der Waals surface area contributed by atoms with Gasteiger partial charge in [0.25, 0.3) is 0 Å². The average molecular weight is 1120 g/mol. The highest BCUT2D eigenvalue weighted by molar-refractivity contribution is 5.79. The van der Waals surface area contributed by atoms with Gasteiger partial charge in [0.2, 0.25) is 0 Å². The van der Waals surface area contributed by atoms with Crippen LogP contribution in [0, 0.1) is 50.2 Å². The minimum Gasteiger partial charge on any atom is -0.466 e. The van der Waals surface area contributed by atoms with E-state index in [-0.39, 0.29) is 77.3 Å². The number of esters is 2. The van der Waals surface area contributed by atoms with Crippen LogP contribution in [0.2, 0.25) is 0 Å². The molecule has 1 aliphatic heterocycles. The molecule has 0 aromatic heterocycles. The molecule has 4 aromatic carbocycles. The lowest BCUT2D eigenvalue weighted by Gasteiger charge is -2.71. The van der Waals surface area contributed by atoms with E-state index in [0.717, 1.165) is 99.3 Å². The molecule has 1 heterocycles. The van der Waals surface area contributed by atoms with Gasteiger partial charge in [0.1, 0.15) is 24.4 Å². The van der Waals surface area contributed by atoms with E-state index in [4.69, 9.17) is 33.2 Å².